The number of rotatable bonds is 3. The van der Waals surface area contributed by atoms with Crippen LogP contribution in [0.15, 0.2) is 0 Å². The fourth-order valence-corrected chi connectivity index (χ4v) is 2.23. The zero-order valence-electron chi connectivity index (χ0n) is 11.3. The van der Waals surface area contributed by atoms with E-state index in [0.29, 0.717) is 32.3 Å². The van der Waals surface area contributed by atoms with Gasteiger partial charge < -0.3 is 14.6 Å². The topological polar surface area (TPSA) is 55.8 Å². The maximum atomic E-state index is 12.2. The van der Waals surface area contributed by atoms with E-state index in [0.717, 1.165) is 0 Å². The fraction of sp³-hybridized carbons (Fsp3) is 0.923. The predicted octanol–water partition coefficient (Wildman–Crippen LogP) is 1.90. The molecule has 1 aliphatic rings. The van der Waals surface area contributed by atoms with Crippen molar-refractivity contribution in [3.05, 3.63) is 0 Å². The van der Waals surface area contributed by atoms with Crippen LogP contribution in [0.1, 0.15) is 46.5 Å². The van der Waals surface area contributed by atoms with Crippen molar-refractivity contribution in [2.75, 3.05) is 13.7 Å². The summed E-state index contributed by atoms with van der Waals surface area (Å²) in [6.07, 6.45) is 2.27. The number of hydrogen-bond acceptors (Lipinski definition) is 4. The molecule has 0 unspecified atom stereocenters. The number of ether oxygens (including phenoxy) is 2. The van der Waals surface area contributed by atoms with E-state index in [-0.39, 0.29) is 12.1 Å². The van der Waals surface area contributed by atoms with Gasteiger partial charge in [-0.3, -0.25) is 4.79 Å². The number of carbonyl (C=O) groups excluding carboxylic acids is 1. The molecule has 1 saturated carbocycles. The van der Waals surface area contributed by atoms with Gasteiger partial charge in [0.05, 0.1) is 18.1 Å². The van der Waals surface area contributed by atoms with Crippen molar-refractivity contribution in [3.63, 3.8) is 0 Å². The average molecular weight is 244 g/mol. The minimum Gasteiger partial charge on any atom is -0.459 e. The van der Waals surface area contributed by atoms with Crippen molar-refractivity contribution in [2.45, 2.75) is 58.2 Å². The second-order valence-electron chi connectivity index (χ2n) is 5.95. The molecule has 100 valence electrons. The fourth-order valence-electron chi connectivity index (χ4n) is 2.23. The Kier molecular flexibility index (Phi) is 4.55. The first-order chi connectivity index (χ1) is 7.79. The standard InChI is InChI=1S/C13H24O4/c1-12(2,3)17-11(15)13(9-16-4)7-5-10(14)6-8-13/h10,14H,5-9H2,1-4H3/t10-,13-. The zero-order chi connectivity index (χ0) is 13.1. The van der Waals surface area contributed by atoms with Crippen LogP contribution in [-0.4, -0.2) is 36.5 Å². The van der Waals surface area contributed by atoms with Crippen molar-refractivity contribution in [2.24, 2.45) is 5.41 Å². The summed E-state index contributed by atoms with van der Waals surface area (Å²) in [4.78, 5) is 12.2. The van der Waals surface area contributed by atoms with E-state index < -0.39 is 11.0 Å². The summed E-state index contributed by atoms with van der Waals surface area (Å²) in [5, 5.41) is 9.53. The van der Waals surface area contributed by atoms with E-state index in [4.69, 9.17) is 9.47 Å². The SMILES string of the molecule is COC[C@]1(C(=O)OC(C)(C)C)CC[C@H](O)CC1. The molecule has 4 nitrogen and oxygen atoms in total. The summed E-state index contributed by atoms with van der Waals surface area (Å²) in [5.74, 6) is -0.196. The second kappa shape index (κ2) is 5.36. The number of esters is 1. The molecule has 0 radical (unpaired) electrons. The first-order valence-corrected chi connectivity index (χ1v) is 6.19. The minimum atomic E-state index is -0.568. The summed E-state index contributed by atoms with van der Waals surface area (Å²) < 4.78 is 10.6. The zero-order valence-corrected chi connectivity index (χ0v) is 11.3. The van der Waals surface area contributed by atoms with Crippen molar-refractivity contribution in [3.8, 4) is 0 Å². The Morgan fingerprint density at radius 1 is 1.35 bits per heavy atom. The summed E-state index contributed by atoms with van der Waals surface area (Å²) in [6, 6.07) is 0. The van der Waals surface area contributed by atoms with Crippen LogP contribution in [0.5, 0.6) is 0 Å². The molecule has 0 atom stereocenters. The third-order valence-corrected chi connectivity index (χ3v) is 3.16. The smallest absolute Gasteiger partial charge is 0.314 e. The van der Waals surface area contributed by atoms with Crippen molar-refractivity contribution in [1.82, 2.24) is 0 Å². The van der Waals surface area contributed by atoms with Gasteiger partial charge in [0.25, 0.3) is 0 Å². The van der Waals surface area contributed by atoms with Crippen LogP contribution in [0.3, 0.4) is 0 Å². The first kappa shape index (κ1) is 14.5. The van der Waals surface area contributed by atoms with Crippen LogP contribution >= 0.6 is 0 Å². The van der Waals surface area contributed by atoms with Gasteiger partial charge in [0.2, 0.25) is 0 Å². The monoisotopic (exact) mass is 244 g/mol. The van der Waals surface area contributed by atoms with Gasteiger partial charge in [-0.15, -0.1) is 0 Å². The molecule has 0 saturated heterocycles. The number of aliphatic hydroxyl groups is 1. The number of aliphatic hydroxyl groups excluding tert-OH is 1. The molecule has 0 aromatic heterocycles. The van der Waals surface area contributed by atoms with Gasteiger partial charge in [-0.2, -0.15) is 0 Å². The van der Waals surface area contributed by atoms with Gasteiger partial charge in [0, 0.05) is 7.11 Å². The number of hydrogen-bond donors (Lipinski definition) is 1. The highest BCUT2D eigenvalue weighted by Gasteiger charge is 2.44. The maximum Gasteiger partial charge on any atom is 0.314 e. The molecular weight excluding hydrogens is 220 g/mol. The third kappa shape index (κ3) is 3.96. The number of carbonyl (C=O) groups is 1. The summed E-state index contributed by atoms with van der Waals surface area (Å²) in [6.45, 7) is 5.96. The Morgan fingerprint density at radius 3 is 2.29 bits per heavy atom. The Bertz CT molecular complexity index is 259. The highest BCUT2D eigenvalue weighted by Crippen LogP contribution is 2.38. The van der Waals surface area contributed by atoms with E-state index in [1.165, 1.54) is 0 Å². The van der Waals surface area contributed by atoms with E-state index in [1.807, 2.05) is 20.8 Å². The highest BCUT2D eigenvalue weighted by atomic mass is 16.6. The normalized spacial score (nSPS) is 30.1. The van der Waals surface area contributed by atoms with Gasteiger partial charge >= 0.3 is 5.97 Å². The van der Waals surface area contributed by atoms with Crippen LogP contribution < -0.4 is 0 Å². The lowest BCUT2D eigenvalue weighted by molar-refractivity contribution is -0.175. The summed E-state index contributed by atoms with van der Waals surface area (Å²) in [7, 11) is 1.59. The first-order valence-electron chi connectivity index (χ1n) is 6.19. The van der Waals surface area contributed by atoms with E-state index in [9.17, 15) is 9.90 Å². The Morgan fingerprint density at radius 2 is 1.88 bits per heavy atom. The molecular formula is C13H24O4. The Hall–Kier alpha value is -0.610. The number of methoxy groups -OCH3 is 1. The highest BCUT2D eigenvalue weighted by molar-refractivity contribution is 5.77. The molecule has 0 aliphatic heterocycles. The van der Waals surface area contributed by atoms with Crippen LogP contribution in [0.25, 0.3) is 0 Å². The van der Waals surface area contributed by atoms with Gasteiger partial charge in [0.1, 0.15) is 5.60 Å². The van der Waals surface area contributed by atoms with Crippen LogP contribution in [0, 0.1) is 5.41 Å². The summed E-state index contributed by atoms with van der Waals surface area (Å²) >= 11 is 0. The third-order valence-electron chi connectivity index (χ3n) is 3.16. The molecule has 0 aromatic rings. The molecule has 17 heavy (non-hydrogen) atoms. The molecule has 0 bridgehead atoms. The van der Waals surface area contributed by atoms with Gasteiger partial charge in [-0.25, -0.2) is 0 Å². The lowest BCUT2D eigenvalue weighted by atomic mass is 9.73. The molecule has 1 fully saturated rings. The predicted molar refractivity (Wildman–Crippen MR) is 64.6 cm³/mol. The van der Waals surface area contributed by atoms with E-state index in [2.05, 4.69) is 0 Å². The molecule has 0 heterocycles. The van der Waals surface area contributed by atoms with Crippen LogP contribution in [0.4, 0.5) is 0 Å². The maximum absolute atomic E-state index is 12.2. The molecule has 0 spiro atoms. The van der Waals surface area contributed by atoms with Gasteiger partial charge in [0.15, 0.2) is 0 Å². The molecule has 0 amide bonds. The quantitative estimate of drug-likeness (QED) is 0.770. The van der Waals surface area contributed by atoms with E-state index in [1.54, 1.807) is 7.11 Å². The molecule has 0 aromatic carbocycles. The van der Waals surface area contributed by atoms with Crippen LogP contribution in [0.2, 0.25) is 0 Å². The van der Waals surface area contributed by atoms with Crippen LogP contribution in [-0.2, 0) is 14.3 Å². The van der Waals surface area contributed by atoms with Crippen molar-refractivity contribution >= 4 is 5.97 Å². The molecule has 1 rings (SSSR count). The van der Waals surface area contributed by atoms with E-state index >= 15 is 0 Å². The molecule has 4 heteroatoms. The molecule has 1 N–H and O–H groups in total. The lowest BCUT2D eigenvalue weighted by Gasteiger charge is -2.38. The minimum absolute atomic E-state index is 0.196. The molecule has 1 aliphatic carbocycles. The second-order valence-corrected chi connectivity index (χ2v) is 5.95. The van der Waals surface area contributed by atoms with Crippen molar-refractivity contribution in [1.29, 1.82) is 0 Å². The largest absolute Gasteiger partial charge is 0.459 e. The lowest BCUT2D eigenvalue weighted by Crippen LogP contribution is -2.44. The summed E-state index contributed by atoms with van der Waals surface area (Å²) in [5.41, 5.74) is -1.05. The van der Waals surface area contributed by atoms with Gasteiger partial charge in [-0.1, -0.05) is 0 Å². The average Bonchev–Trinajstić information content (AvgIpc) is 2.19. The Labute approximate surface area is 103 Å². The van der Waals surface area contributed by atoms with Crippen molar-refractivity contribution < 1.29 is 19.4 Å². The Balaban J connectivity index is 2.74. The van der Waals surface area contributed by atoms with Gasteiger partial charge in [-0.05, 0) is 46.5 Å².